The lowest BCUT2D eigenvalue weighted by atomic mass is 10.1. The second-order valence-electron chi connectivity index (χ2n) is 3.73. The number of hydrogen-bond donors (Lipinski definition) is 1. The van der Waals surface area contributed by atoms with E-state index in [0.29, 0.717) is 29.8 Å². The second-order valence-corrected chi connectivity index (χ2v) is 3.73. The second kappa shape index (κ2) is 5.42. The van der Waals surface area contributed by atoms with E-state index in [9.17, 15) is 10.1 Å². The summed E-state index contributed by atoms with van der Waals surface area (Å²) in [6, 6.07) is 6.33. The van der Waals surface area contributed by atoms with E-state index in [4.69, 9.17) is 10.5 Å². The summed E-state index contributed by atoms with van der Waals surface area (Å²) >= 11 is 0. The molecule has 0 aliphatic carbocycles. The molecule has 94 valence electrons. The van der Waals surface area contributed by atoms with E-state index in [1.807, 2.05) is 0 Å². The van der Waals surface area contributed by atoms with Gasteiger partial charge in [0.1, 0.15) is 11.3 Å². The molecule has 0 radical (unpaired) electrons. The molecule has 18 heavy (non-hydrogen) atoms. The molecule has 0 atom stereocenters. The van der Waals surface area contributed by atoms with Crippen LogP contribution < -0.4 is 10.5 Å². The average Bonchev–Trinajstić information content (AvgIpc) is 2.38. The minimum Gasteiger partial charge on any atom is -0.491 e. The lowest BCUT2D eigenvalue weighted by Gasteiger charge is -2.08. The van der Waals surface area contributed by atoms with Gasteiger partial charge in [0.2, 0.25) is 0 Å². The van der Waals surface area contributed by atoms with Gasteiger partial charge in [0.05, 0.1) is 16.9 Å². The summed E-state index contributed by atoms with van der Waals surface area (Å²) in [5, 5.41) is 11.4. The fourth-order valence-corrected chi connectivity index (χ4v) is 1.67. The van der Waals surface area contributed by atoms with Crippen LogP contribution in [0.25, 0.3) is 10.9 Å². The summed E-state index contributed by atoms with van der Waals surface area (Å²) in [5.41, 5.74) is 5.92. The molecule has 2 aromatic rings. The van der Waals surface area contributed by atoms with E-state index in [0.717, 1.165) is 6.42 Å². The van der Waals surface area contributed by atoms with Crippen molar-refractivity contribution in [1.29, 1.82) is 0 Å². The van der Waals surface area contributed by atoms with Crippen molar-refractivity contribution in [3.63, 3.8) is 0 Å². The average molecular weight is 247 g/mol. The number of aromatic nitrogens is 1. The van der Waals surface area contributed by atoms with Crippen LogP contribution in [0.4, 0.5) is 5.69 Å². The zero-order valence-electron chi connectivity index (χ0n) is 9.70. The molecule has 1 aromatic heterocycles. The van der Waals surface area contributed by atoms with Gasteiger partial charge in [0.25, 0.3) is 5.69 Å². The van der Waals surface area contributed by atoms with Crippen LogP contribution in [0.5, 0.6) is 5.75 Å². The molecule has 0 aliphatic heterocycles. The third-order valence-electron chi connectivity index (χ3n) is 2.51. The molecule has 0 fully saturated rings. The largest absolute Gasteiger partial charge is 0.491 e. The molecule has 0 amide bonds. The molecule has 0 saturated heterocycles. The molecule has 0 saturated carbocycles. The minimum absolute atomic E-state index is 0.0317. The van der Waals surface area contributed by atoms with Gasteiger partial charge in [-0.15, -0.1) is 0 Å². The molecule has 0 unspecified atom stereocenters. The standard InChI is InChI=1S/C12H13N3O3/c13-6-2-8-18-11-5-4-10(15(16)17)9-3-1-7-14-12(9)11/h1,3-5,7H,2,6,8,13H2. The van der Waals surface area contributed by atoms with E-state index >= 15 is 0 Å². The lowest BCUT2D eigenvalue weighted by molar-refractivity contribution is -0.383. The van der Waals surface area contributed by atoms with Crippen LogP contribution in [-0.4, -0.2) is 23.1 Å². The maximum atomic E-state index is 10.9. The van der Waals surface area contributed by atoms with Crippen LogP contribution in [-0.2, 0) is 0 Å². The fourth-order valence-electron chi connectivity index (χ4n) is 1.67. The van der Waals surface area contributed by atoms with Crippen molar-refractivity contribution in [2.24, 2.45) is 5.73 Å². The Hall–Kier alpha value is -2.21. The van der Waals surface area contributed by atoms with Crippen molar-refractivity contribution in [3.05, 3.63) is 40.6 Å². The highest BCUT2D eigenvalue weighted by Crippen LogP contribution is 2.31. The number of fused-ring (bicyclic) bond motifs is 1. The number of ether oxygens (including phenoxy) is 1. The highest BCUT2D eigenvalue weighted by atomic mass is 16.6. The first kappa shape index (κ1) is 12.3. The number of benzene rings is 1. The summed E-state index contributed by atoms with van der Waals surface area (Å²) in [5.74, 6) is 0.546. The SMILES string of the molecule is NCCCOc1ccc([N+](=O)[O-])c2cccnc12. The Morgan fingerprint density at radius 1 is 1.39 bits per heavy atom. The fraction of sp³-hybridized carbons (Fsp3) is 0.250. The summed E-state index contributed by atoms with van der Waals surface area (Å²) < 4.78 is 5.53. The Balaban J connectivity index is 2.44. The molecule has 0 spiro atoms. The number of nitrogens with two attached hydrogens (primary N) is 1. The topological polar surface area (TPSA) is 91.3 Å². The van der Waals surface area contributed by atoms with Crippen molar-refractivity contribution in [2.75, 3.05) is 13.2 Å². The molecule has 6 nitrogen and oxygen atoms in total. The van der Waals surface area contributed by atoms with Gasteiger partial charge in [0.15, 0.2) is 0 Å². The van der Waals surface area contributed by atoms with Crippen molar-refractivity contribution in [3.8, 4) is 5.75 Å². The Kier molecular flexibility index (Phi) is 3.69. The van der Waals surface area contributed by atoms with Crippen LogP contribution in [0.1, 0.15) is 6.42 Å². The first-order valence-electron chi connectivity index (χ1n) is 5.59. The number of hydrogen-bond acceptors (Lipinski definition) is 5. The van der Waals surface area contributed by atoms with Gasteiger partial charge < -0.3 is 10.5 Å². The monoisotopic (exact) mass is 247 g/mol. The van der Waals surface area contributed by atoms with E-state index in [-0.39, 0.29) is 5.69 Å². The third-order valence-corrected chi connectivity index (χ3v) is 2.51. The highest BCUT2D eigenvalue weighted by molar-refractivity contribution is 5.92. The lowest BCUT2D eigenvalue weighted by Crippen LogP contribution is -2.06. The van der Waals surface area contributed by atoms with Gasteiger partial charge in [-0.25, -0.2) is 0 Å². The zero-order valence-corrected chi connectivity index (χ0v) is 9.70. The molecule has 2 N–H and O–H groups in total. The van der Waals surface area contributed by atoms with Gasteiger partial charge in [-0.2, -0.15) is 0 Å². The summed E-state index contributed by atoms with van der Waals surface area (Å²) in [4.78, 5) is 14.6. The Bertz CT molecular complexity index is 571. The van der Waals surface area contributed by atoms with Crippen LogP contribution >= 0.6 is 0 Å². The number of nitrogens with zero attached hydrogens (tertiary/aromatic N) is 2. The number of non-ortho nitro benzene ring substituents is 1. The number of nitro groups is 1. The molecular weight excluding hydrogens is 234 g/mol. The van der Waals surface area contributed by atoms with Crippen LogP contribution in [0, 0.1) is 10.1 Å². The minimum atomic E-state index is -0.423. The van der Waals surface area contributed by atoms with Crippen LogP contribution in [0.15, 0.2) is 30.5 Å². The first-order chi connectivity index (χ1) is 8.74. The maximum Gasteiger partial charge on any atom is 0.279 e. The van der Waals surface area contributed by atoms with Gasteiger partial charge in [-0.1, -0.05) is 0 Å². The van der Waals surface area contributed by atoms with E-state index in [2.05, 4.69) is 4.98 Å². The smallest absolute Gasteiger partial charge is 0.279 e. The maximum absolute atomic E-state index is 10.9. The molecule has 0 bridgehead atoms. The molecule has 2 rings (SSSR count). The first-order valence-corrected chi connectivity index (χ1v) is 5.59. The van der Waals surface area contributed by atoms with Crippen LogP contribution in [0.2, 0.25) is 0 Å². The van der Waals surface area contributed by atoms with E-state index < -0.39 is 4.92 Å². The zero-order chi connectivity index (χ0) is 13.0. The Labute approximate surface area is 104 Å². The predicted octanol–water partition coefficient (Wildman–Crippen LogP) is 1.87. The summed E-state index contributed by atoms with van der Waals surface area (Å²) in [7, 11) is 0. The Morgan fingerprint density at radius 2 is 2.22 bits per heavy atom. The van der Waals surface area contributed by atoms with Gasteiger partial charge in [-0.3, -0.25) is 15.1 Å². The number of nitro benzene ring substituents is 1. The molecule has 1 aromatic carbocycles. The van der Waals surface area contributed by atoms with Crippen molar-refractivity contribution in [2.45, 2.75) is 6.42 Å². The quantitative estimate of drug-likeness (QED) is 0.494. The molecule has 6 heteroatoms. The normalized spacial score (nSPS) is 10.5. The van der Waals surface area contributed by atoms with Crippen molar-refractivity contribution in [1.82, 2.24) is 4.98 Å². The van der Waals surface area contributed by atoms with Crippen molar-refractivity contribution >= 4 is 16.6 Å². The summed E-state index contributed by atoms with van der Waals surface area (Å²) in [6.07, 6.45) is 2.31. The molecule has 0 aliphatic rings. The number of pyridine rings is 1. The molecule has 1 heterocycles. The van der Waals surface area contributed by atoms with Gasteiger partial charge in [0, 0.05) is 12.3 Å². The van der Waals surface area contributed by atoms with Crippen molar-refractivity contribution < 1.29 is 9.66 Å². The third kappa shape index (κ3) is 2.38. The highest BCUT2D eigenvalue weighted by Gasteiger charge is 2.15. The van der Waals surface area contributed by atoms with Crippen LogP contribution in [0.3, 0.4) is 0 Å². The van der Waals surface area contributed by atoms with E-state index in [1.54, 1.807) is 24.4 Å². The molecular formula is C12H13N3O3. The Morgan fingerprint density at radius 3 is 2.94 bits per heavy atom. The number of rotatable bonds is 5. The van der Waals surface area contributed by atoms with E-state index in [1.165, 1.54) is 6.07 Å². The summed E-state index contributed by atoms with van der Waals surface area (Å²) in [6.45, 7) is 1.01. The van der Waals surface area contributed by atoms with Gasteiger partial charge in [-0.05, 0) is 31.2 Å². The predicted molar refractivity (Wildman–Crippen MR) is 67.6 cm³/mol. The van der Waals surface area contributed by atoms with Gasteiger partial charge >= 0.3 is 0 Å².